The fourth-order valence-electron chi connectivity index (χ4n) is 7.65. The molecule has 2 aliphatic heterocycles. The topological polar surface area (TPSA) is 93.2 Å². The number of hydrogen-bond donors (Lipinski definition) is 0. The molecule has 8 heteroatoms. The number of ether oxygens (including phenoxy) is 2. The molecule has 0 fully saturated rings. The molecular weight excluding hydrogens is 640 g/mol. The van der Waals surface area contributed by atoms with Crippen molar-refractivity contribution in [3.63, 3.8) is 0 Å². The lowest BCUT2D eigenvalue weighted by molar-refractivity contribution is 0.0677. The van der Waals surface area contributed by atoms with E-state index in [9.17, 15) is 19.2 Å². The van der Waals surface area contributed by atoms with Gasteiger partial charge in [-0.1, -0.05) is 72.8 Å². The van der Waals surface area contributed by atoms with Crippen molar-refractivity contribution in [2.24, 2.45) is 0 Å². The lowest BCUT2D eigenvalue weighted by atomic mass is 9.68. The van der Waals surface area contributed by atoms with Crippen LogP contribution >= 0.6 is 0 Å². The third-order valence-corrected chi connectivity index (χ3v) is 10.1. The monoisotopic (exact) mass is 668 g/mol. The molecule has 51 heavy (non-hydrogen) atoms. The zero-order valence-corrected chi connectivity index (χ0v) is 27.5. The van der Waals surface area contributed by atoms with Crippen molar-refractivity contribution in [2.45, 2.75) is 5.41 Å². The zero-order chi connectivity index (χ0) is 35.0. The molecule has 0 spiro atoms. The molecule has 0 radical (unpaired) electrons. The van der Waals surface area contributed by atoms with Gasteiger partial charge < -0.3 is 9.47 Å². The van der Waals surface area contributed by atoms with Crippen LogP contribution in [0.15, 0.2) is 133 Å². The first kappa shape index (κ1) is 30.3. The van der Waals surface area contributed by atoms with Crippen molar-refractivity contribution >= 4 is 23.6 Å². The van der Waals surface area contributed by atoms with E-state index in [4.69, 9.17) is 9.47 Å². The van der Waals surface area contributed by atoms with Crippen molar-refractivity contribution in [2.75, 3.05) is 14.1 Å². The normalized spacial score (nSPS) is 15.1. The van der Waals surface area contributed by atoms with Crippen molar-refractivity contribution < 1.29 is 28.7 Å². The molecule has 0 atom stereocenters. The number of fused-ring (bicyclic) bond motifs is 5. The quantitative estimate of drug-likeness (QED) is 0.166. The molecule has 2 heterocycles. The van der Waals surface area contributed by atoms with Crippen LogP contribution in [0.2, 0.25) is 0 Å². The number of nitrogens with zero attached hydrogens (tertiary/aromatic N) is 2. The van der Waals surface area contributed by atoms with E-state index in [2.05, 4.69) is 72.8 Å². The molecule has 246 valence electrons. The first-order valence-corrected chi connectivity index (χ1v) is 16.4. The van der Waals surface area contributed by atoms with Gasteiger partial charge in [0, 0.05) is 14.1 Å². The number of benzene rings is 6. The van der Waals surface area contributed by atoms with Crippen LogP contribution in [-0.2, 0) is 5.41 Å². The highest BCUT2D eigenvalue weighted by atomic mass is 16.5. The fourth-order valence-corrected chi connectivity index (χ4v) is 7.65. The summed E-state index contributed by atoms with van der Waals surface area (Å²) >= 11 is 0. The smallest absolute Gasteiger partial charge is 0.261 e. The van der Waals surface area contributed by atoms with Gasteiger partial charge in [0.1, 0.15) is 23.0 Å². The summed E-state index contributed by atoms with van der Waals surface area (Å²) in [6.45, 7) is 0. The summed E-state index contributed by atoms with van der Waals surface area (Å²) in [6.07, 6.45) is 0. The summed E-state index contributed by atoms with van der Waals surface area (Å²) in [5, 5.41) is 0. The summed E-state index contributed by atoms with van der Waals surface area (Å²) in [4.78, 5) is 52.1. The Balaban J connectivity index is 1.09. The van der Waals surface area contributed by atoms with Crippen LogP contribution in [0.3, 0.4) is 0 Å². The Hall–Kier alpha value is -6.80. The predicted octanol–water partition coefficient (Wildman–Crippen LogP) is 8.09. The largest absolute Gasteiger partial charge is 0.457 e. The van der Waals surface area contributed by atoms with E-state index in [1.165, 1.54) is 14.1 Å². The number of amides is 4. The third kappa shape index (κ3) is 4.39. The van der Waals surface area contributed by atoms with Gasteiger partial charge in [-0.3, -0.25) is 29.0 Å². The van der Waals surface area contributed by atoms with E-state index in [1.807, 2.05) is 24.3 Å². The van der Waals surface area contributed by atoms with Gasteiger partial charge in [-0.2, -0.15) is 0 Å². The van der Waals surface area contributed by atoms with Crippen molar-refractivity contribution in [3.8, 4) is 34.1 Å². The van der Waals surface area contributed by atoms with Crippen molar-refractivity contribution in [1.82, 2.24) is 9.80 Å². The summed E-state index contributed by atoms with van der Waals surface area (Å²) < 4.78 is 12.4. The highest BCUT2D eigenvalue weighted by Gasteiger charge is 2.46. The molecule has 8 nitrogen and oxygen atoms in total. The number of carbonyl (C=O) groups is 4. The molecule has 0 aromatic heterocycles. The highest BCUT2D eigenvalue weighted by molar-refractivity contribution is 6.22. The summed E-state index contributed by atoms with van der Waals surface area (Å²) in [7, 11) is 2.94. The average Bonchev–Trinajstić information content (AvgIpc) is 3.67. The van der Waals surface area contributed by atoms with Gasteiger partial charge in [0.15, 0.2) is 0 Å². The van der Waals surface area contributed by atoms with Crippen LogP contribution in [0, 0.1) is 0 Å². The van der Waals surface area contributed by atoms with Gasteiger partial charge >= 0.3 is 0 Å². The first-order valence-electron chi connectivity index (χ1n) is 16.4. The van der Waals surface area contributed by atoms with E-state index in [-0.39, 0.29) is 23.6 Å². The minimum absolute atomic E-state index is 0.321. The Bertz CT molecular complexity index is 2310. The molecule has 3 aliphatic rings. The maximum atomic E-state index is 12.6. The molecule has 6 aromatic rings. The maximum absolute atomic E-state index is 12.6. The van der Waals surface area contributed by atoms with Gasteiger partial charge in [-0.25, -0.2) is 0 Å². The molecular formula is C43H28N2O6. The second kappa shape index (κ2) is 11.1. The molecule has 0 saturated heterocycles. The molecule has 6 aromatic carbocycles. The van der Waals surface area contributed by atoms with Gasteiger partial charge in [-0.05, 0) is 94.0 Å². The molecule has 1 aliphatic carbocycles. The second-order valence-electron chi connectivity index (χ2n) is 12.8. The van der Waals surface area contributed by atoms with Crippen LogP contribution in [0.25, 0.3) is 11.1 Å². The van der Waals surface area contributed by atoms with Gasteiger partial charge in [0.25, 0.3) is 23.6 Å². The van der Waals surface area contributed by atoms with E-state index < -0.39 is 5.41 Å². The summed E-state index contributed by atoms with van der Waals surface area (Å²) in [5.74, 6) is 0.763. The van der Waals surface area contributed by atoms with E-state index >= 15 is 0 Å². The Morgan fingerprint density at radius 2 is 0.745 bits per heavy atom. The molecule has 0 bridgehead atoms. The van der Waals surface area contributed by atoms with Crippen LogP contribution in [-0.4, -0.2) is 47.5 Å². The maximum Gasteiger partial charge on any atom is 0.261 e. The average molecular weight is 669 g/mol. The van der Waals surface area contributed by atoms with Crippen LogP contribution < -0.4 is 9.47 Å². The van der Waals surface area contributed by atoms with Crippen molar-refractivity contribution in [3.05, 3.63) is 178 Å². The third-order valence-electron chi connectivity index (χ3n) is 10.1. The minimum Gasteiger partial charge on any atom is -0.457 e. The summed E-state index contributed by atoms with van der Waals surface area (Å²) in [5.41, 5.74) is 7.38. The van der Waals surface area contributed by atoms with Crippen LogP contribution in [0.1, 0.15) is 63.7 Å². The number of carbonyl (C=O) groups excluding carboxylic acids is 4. The van der Waals surface area contributed by atoms with Crippen molar-refractivity contribution in [1.29, 1.82) is 0 Å². The molecule has 0 N–H and O–H groups in total. The van der Waals surface area contributed by atoms with E-state index in [0.717, 1.165) is 43.2 Å². The lowest BCUT2D eigenvalue weighted by Gasteiger charge is -2.34. The van der Waals surface area contributed by atoms with Crippen LogP contribution in [0.4, 0.5) is 0 Å². The Kier molecular flexibility index (Phi) is 6.60. The van der Waals surface area contributed by atoms with E-state index in [1.54, 1.807) is 36.4 Å². The fraction of sp³-hybridized carbons (Fsp3) is 0.0698. The number of imide groups is 2. The molecule has 4 amide bonds. The highest BCUT2D eigenvalue weighted by Crippen LogP contribution is 2.56. The van der Waals surface area contributed by atoms with Gasteiger partial charge in [0.2, 0.25) is 0 Å². The standard InChI is InChI=1S/C43H28N2O6/c1-44-39(46)33-21-19-29(23-35(33)41(44)48)50-27-15-11-25(12-16-27)43(37-9-5-3-7-31(37)32-8-4-6-10-38(32)43)26-13-17-28(18-14-26)51-30-20-22-34-36(24-30)42(49)45(2)40(34)47/h3-24H,1-2H3. The summed E-state index contributed by atoms with van der Waals surface area (Å²) in [6, 6.07) is 42.7. The predicted molar refractivity (Wildman–Crippen MR) is 190 cm³/mol. The van der Waals surface area contributed by atoms with Gasteiger partial charge in [0.05, 0.1) is 27.7 Å². The van der Waals surface area contributed by atoms with E-state index in [0.29, 0.717) is 45.3 Å². The Morgan fingerprint density at radius 3 is 1.16 bits per heavy atom. The van der Waals surface area contributed by atoms with Crippen LogP contribution in [0.5, 0.6) is 23.0 Å². The first-order chi connectivity index (χ1) is 24.8. The Morgan fingerprint density at radius 1 is 0.392 bits per heavy atom. The lowest BCUT2D eigenvalue weighted by Crippen LogP contribution is -2.28. The molecule has 0 unspecified atom stereocenters. The molecule has 9 rings (SSSR count). The SMILES string of the molecule is CN1C(=O)c2ccc(Oc3ccc(C4(c5ccc(Oc6ccc7c(c6)C(=O)N(C)C7=O)cc5)c5ccccc5-c5ccccc54)cc3)cc2C1=O. The minimum atomic E-state index is -0.667. The molecule has 0 saturated carbocycles. The second-order valence-corrected chi connectivity index (χ2v) is 12.8. The Labute approximate surface area is 293 Å². The zero-order valence-electron chi connectivity index (χ0n) is 27.5. The van der Waals surface area contributed by atoms with Gasteiger partial charge in [-0.15, -0.1) is 0 Å². The number of hydrogen-bond acceptors (Lipinski definition) is 6. The number of rotatable bonds is 6.